The standard InChI is InChI=1S/C20H14ClF7N2O/c1-3-12-8-13(18(22,19(23,24)25)20(26,27)28)6-10(2)16(12)30-17(31)14-5-4-11(9-29)7-15(14)21/h4-8H,3H2,1-2H3,(H,30,31). The minimum atomic E-state index is -6.25. The first-order valence-corrected chi connectivity index (χ1v) is 9.02. The number of hydrogen-bond acceptors (Lipinski definition) is 2. The number of nitrogens with zero attached hydrogens (tertiary/aromatic N) is 1. The molecule has 0 radical (unpaired) electrons. The van der Waals surface area contributed by atoms with Crippen molar-refractivity contribution in [2.24, 2.45) is 0 Å². The molecule has 2 aromatic rings. The van der Waals surface area contributed by atoms with Crippen LogP contribution in [0.15, 0.2) is 30.3 Å². The summed E-state index contributed by atoms with van der Waals surface area (Å²) in [7, 11) is 0. The molecule has 0 atom stereocenters. The van der Waals surface area contributed by atoms with Crippen molar-refractivity contribution in [1.82, 2.24) is 0 Å². The fourth-order valence-corrected chi connectivity index (χ4v) is 3.22. The van der Waals surface area contributed by atoms with Gasteiger partial charge < -0.3 is 5.32 Å². The first-order valence-electron chi connectivity index (χ1n) is 8.64. The molecule has 2 rings (SSSR count). The van der Waals surface area contributed by atoms with Gasteiger partial charge in [0.25, 0.3) is 5.91 Å². The van der Waals surface area contributed by atoms with E-state index in [1.807, 2.05) is 6.07 Å². The van der Waals surface area contributed by atoms with Crippen molar-refractivity contribution < 1.29 is 35.5 Å². The van der Waals surface area contributed by atoms with Gasteiger partial charge in [0, 0.05) is 11.3 Å². The second kappa shape index (κ2) is 8.38. The van der Waals surface area contributed by atoms with Crippen LogP contribution in [0.4, 0.5) is 36.4 Å². The van der Waals surface area contributed by atoms with Gasteiger partial charge in [-0.2, -0.15) is 31.6 Å². The van der Waals surface area contributed by atoms with Gasteiger partial charge in [-0.3, -0.25) is 4.79 Å². The number of amides is 1. The number of halogens is 8. The van der Waals surface area contributed by atoms with Crippen molar-refractivity contribution in [3.05, 3.63) is 63.2 Å². The van der Waals surface area contributed by atoms with Crippen LogP contribution in [0.25, 0.3) is 0 Å². The van der Waals surface area contributed by atoms with E-state index in [2.05, 4.69) is 5.32 Å². The van der Waals surface area contributed by atoms with Crippen LogP contribution in [0.5, 0.6) is 0 Å². The van der Waals surface area contributed by atoms with Crippen LogP contribution in [0, 0.1) is 18.3 Å². The second-order valence-corrected chi connectivity index (χ2v) is 7.00. The Morgan fingerprint density at radius 3 is 2.10 bits per heavy atom. The number of anilines is 1. The molecule has 1 amide bonds. The smallest absolute Gasteiger partial charge is 0.321 e. The third-order valence-corrected chi connectivity index (χ3v) is 4.87. The molecule has 2 aromatic carbocycles. The zero-order valence-corrected chi connectivity index (χ0v) is 16.7. The quantitative estimate of drug-likeness (QED) is 0.514. The van der Waals surface area contributed by atoms with Gasteiger partial charge in [-0.1, -0.05) is 24.6 Å². The molecule has 0 heterocycles. The molecule has 0 aliphatic heterocycles. The number of benzene rings is 2. The van der Waals surface area contributed by atoms with Crippen LogP contribution < -0.4 is 5.32 Å². The summed E-state index contributed by atoms with van der Waals surface area (Å²) < 4.78 is 93.0. The lowest BCUT2D eigenvalue weighted by atomic mass is 9.89. The summed E-state index contributed by atoms with van der Waals surface area (Å²) in [6.45, 7) is 2.57. The average molecular weight is 467 g/mol. The number of carbonyl (C=O) groups is 1. The molecular weight excluding hydrogens is 453 g/mol. The maximum Gasteiger partial charge on any atom is 0.435 e. The Balaban J connectivity index is 2.56. The maximum atomic E-state index is 14.4. The number of hydrogen-bond donors (Lipinski definition) is 1. The number of rotatable bonds is 4. The lowest BCUT2D eigenvalue weighted by Gasteiger charge is -2.31. The van der Waals surface area contributed by atoms with E-state index in [0.29, 0.717) is 12.1 Å². The molecule has 11 heteroatoms. The summed E-state index contributed by atoms with van der Waals surface area (Å²) in [5, 5.41) is 11.1. The van der Waals surface area contributed by atoms with Crippen molar-refractivity contribution in [3.63, 3.8) is 0 Å². The van der Waals surface area contributed by atoms with Gasteiger partial charge in [0.05, 0.1) is 22.2 Å². The molecule has 31 heavy (non-hydrogen) atoms. The predicted molar refractivity (Wildman–Crippen MR) is 99.6 cm³/mol. The highest BCUT2D eigenvalue weighted by Crippen LogP contribution is 2.53. The molecule has 3 nitrogen and oxygen atoms in total. The Morgan fingerprint density at radius 2 is 1.65 bits per heavy atom. The van der Waals surface area contributed by atoms with Crippen molar-refractivity contribution in [3.8, 4) is 6.07 Å². The van der Waals surface area contributed by atoms with Gasteiger partial charge in [0.2, 0.25) is 0 Å². The van der Waals surface area contributed by atoms with Gasteiger partial charge in [-0.05, 0) is 48.7 Å². The third-order valence-electron chi connectivity index (χ3n) is 4.56. The molecule has 0 aliphatic rings. The lowest BCUT2D eigenvalue weighted by Crippen LogP contribution is -2.50. The topological polar surface area (TPSA) is 52.9 Å². The minimum absolute atomic E-state index is 0.0663. The van der Waals surface area contributed by atoms with Gasteiger partial charge in [-0.15, -0.1) is 0 Å². The molecular formula is C20H14ClF7N2O. The molecule has 0 unspecified atom stereocenters. The largest absolute Gasteiger partial charge is 0.435 e. The van der Waals surface area contributed by atoms with Gasteiger partial charge in [0.15, 0.2) is 0 Å². The molecule has 0 aliphatic carbocycles. The zero-order chi connectivity index (χ0) is 23.8. The van der Waals surface area contributed by atoms with Crippen LogP contribution in [0.1, 0.15) is 39.5 Å². The molecule has 1 N–H and O–H groups in total. The van der Waals surface area contributed by atoms with E-state index in [1.165, 1.54) is 25.1 Å². The first kappa shape index (κ1) is 24.5. The van der Waals surface area contributed by atoms with Crippen LogP contribution in [0.2, 0.25) is 5.02 Å². The molecule has 0 bridgehead atoms. The van der Waals surface area contributed by atoms with Crippen LogP contribution in [-0.2, 0) is 12.1 Å². The van der Waals surface area contributed by atoms with E-state index in [9.17, 15) is 35.5 Å². The third kappa shape index (κ3) is 4.46. The Hall–Kier alpha value is -2.80. The predicted octanol–water partition coefficient (Wildman–Crippen LogP) is 6.62. The summed E-state index contributed by atoms with van der Waals surface area (Å²) in [4.78, 5) is 12.5. The van der Waals surface area contributed by atoms with Gasteiger partial charge in [-0.25, -0.2) is 4.39 Å². The zero-order valence-electron chi connectivity index (χ0n) is 16.0. The van der Waals surface area contributed by atoms with E-state index in [4.69, 9.17) is 16.9 Å². The van der Waals surface area contributed by atoms with Crippen molar-refractivity contribution in [1.29, 1.82) is 5.26 Å². The number of nitriles is 1. The van der Waals surface area contributed by atoms with Crippen LogP contribution >= 0.6 is 11.6 Å². The van der Waals surface area contributed by atoms with E-state index < -0.39 is 29.5 Å². The molecule has 0 saturated heterocycles. The summed E-state index contributed by atoms with van der Waals surface area (Å²) in [5.41, 5.74) is -7.51. The Bertz CT molecular complexity index is 1040. The number of nitrogens with one attached hydrogen (secondary N) is 1. The fourth-order valence-electron chi connectivity index (χ4n) is 2.95. The van der Waals surface area contributed by atoms with Crippen molar-refractivity contribution in [2.45, 2.75) is 38.3 Å². The minimum Gasteiger partial charge on any atom is -0.321 e. The molecule has 0 spiro atoms. The summed E-state index contributed by atoms with van der Waals surface area (Å²) in [5.74, 6) is -0.807. The molecule has 0 saturated carbocycles. The molecule has 166 valence electrons. The van der Waals surface area contributed by atoms with Crippen molar-refractivity contribution in [2.75, 3.05) is 5.32 Å². The second-order valence-electron chi connectivity index (χ2n) is 6.60. The SMILES string of the molecule is CCc1cc(C(F)(C(F)(F)F)C(F)(F)F)cc(C)c1NC(=O)c1ccc(C#N)cc1Cl. The fraction of sp³-hybridized carbons (Fsp3) is 0.300. The van der Waals surface area contributed by atoms with E-state index in [-0.39, 0.29) is 39.4 Å². The van der Waals surface area contributed by atoms with Crippen molar-refractivity contribution >= 4 is 23.2 Å². The number of aryl methyl sites for hydroxylation is 2. The normalized spacial score (nSPS) is 12.4. The molecule has 0 aromatic heterocycles. The van der Waals surface area contributed by atoms with E-state index >= 15 is 0 Å². The monoisotopic (exact) mass is 466 g/mol. The Kier molecular flexibility index (Phi) is 6.62. The summed E-state index contributed by atoms with van der Waals surface area (Å²) in [6.07, 6.45) is -12.6. The lowest BCUT2D eigenvalue weighted by molar-refractivity contribution is -0.348. The Labute approximate surface area is 177 Å². The summed E-state index contributed by atoms with van der Waals surface area (Å²) >= 11 is 5.96. The van der Waals surface area contributed by atoms with Crippen LogP contribution in [-0.4, -0.2) is 18.3 Å². The average Bonchev–Trinajstić information content (AvgIpc) is 2.66. The number of alkyl halides is 7. The first-order chi connectivity index (χ1) is 14.2. The van der Waals surface area contributed by atoms with Gasteiger partial charge in [0.1, 0.15) is 0 Å². The van der Waals surface area contributed by atoms with E-state index in [1.54, 1.807) is 0 Å². The van der Waals surface area contributed by atoms with Crippen LogP contribution in [0.3, 0.4) is 0 Å². The highest BCUT2D eigenvalue weighted by molar-refractivity contribution is 6.34. The maximum absolute atomic E-state index is 14.4. The highest BCUT2D eigenvalue weighted by Gasteiger charge is 2.73. The number of carbonyl (C=O) groups excluding carboxylic acids is 1. The Morgan fingerprint density at radius 1 is 1.06 bits per heavy atom. The van der Waals surface area contributed by atoms with E-state index in [0.717, 1.165) is 6.92 Å². The summed E-state index contributed by atoms with van der Waals surface area (Å²) in [6, 6.07) is 6.42. The highest BCUT2D eigenvalue weighted by atomic mass is 35.5. The molecule has 0 fully saturated rings. The van der Waals surface area contributed by atoms with Gasteiger partial charge >= 0.3 is 18.0 Å².